The van der Waals surface area contributed by atoms with Gasteiger partial charge in [0, 0.05) is 29.7 Å². The molecule has 2 rings (SSSR count). The minimum atomic E-state index is -0.106. The van der Waals surface area contributed by atoms with Crippen LogP contribution in [0.5, 0.6) is 0 Å². The normalized spacial score (nSPS) is 22.9. The zero-order chi connectivity index (χ0) is 14.4. The van der Waals surface area contributed by atoms with Gasteiger partial charge in [0.15, 0.2) is 0 Å². The van der Waals surface area contributed by atoms with E-state index >= 15 is 0 Å². The van der Waals surface area contributed by atoms with E-state index in [0.717, 1.165) is 31.2 Å². The van der Waals surface area contributed by atoms with Crippen LogP contribution in [0.4, 0.5) is 0 Å². The quantitative estimate of drug-likeness (QED) is 0.839. The summed E-state index contributed by atoms with van der Waals surface area (Å²) in [6, 6.07) is 7.41. The van der Waals surface area contributed by atoms with Gasteiger partial charge in [-0.3, -0.25) is 4.79 Å². The first kappa shape index (κ1) is 15.1. The van der Waals surface area contributed by atoms with Crippen molar-refractivity contribution in [2.24, 2.45) is 5.92 Å². The highest BCUT2D eigenvalue weighted by Crippen LogP contribution is 2.23. The second kappa shape index (κ2) is 7.46. The summed E-state index contributed by atoms with van der Waals surface area (Å²) in [6.45, 7) is 0.145. The smallest absolute Gasteiger partial charge is 0.244 e. The summed E-state index contributed by atoms with van der Waals surface area (Å²) in [6.07, 6.45) is 7.49. The molecule has 1 aliphatic carbocycles. The lowest BCUT2D eigenvalue weighted by molar-refractivity contribution is -0.117. The standard InChI is InChI=1S/C16H20ClNO2/c17-14-8-5-12(6-9-14)7-10-16(20)18-15-4-2-1-3-13(15)11-19/h5-10,13,15,19H,1-4,11H2,(H,18,20)/b10-7+. The van der Waals surface area contributed by atoms with Crippen molar-refractivity contribution < 1.29 is 9.90 Å². The van der Waals surface area contributed by atoms with Gasteiger partial charge in [0.25, 0.3) is 0 Å². The second-order valence-corrected chi connectivity index (χ2v) is 5.66. The van der Waals surface area contributed by atoms with Crippen molar-refractivity contribution in [3.05, 3.63) is 40.9 Å². The summed E-state index contributed by atoms with van der Waals surface area (Å²) in [4.78, 5) is 11.9. The van der Waals surface area contributed by atoms with Gasteiger partial charge in [-0.05, 0) is 36.6 Å². The van der Waals surface area contributed by atoms with E-state index in [1.165, 1.54) is 6.08 Å². The Morgan fingerprint density at radius 3 is 2.70 bits per heavy atom. The zero-order valence-corrected chi connectivity index (χ0v) is 12.1. The molecule has 0 bridgehead atoms. The van der Waals surface area contributed by atoms with Gasteiger partial charge in [-0.15, -0.1) is 0 Å². The van der Waals surface area contributed by atoms with Crippen LogP contribution in [-0.2, 0) is 4.79 Å². The maximum absolute atomic E-state index is 11.9. The van der Waals surface area contributed by atoms with Crippen molar-refractivity contribution in [3.63, 3.8) is 0 Å². The van der Waals surface area contributed by atoms with Gasteiger partial charge in [-0.25, -0.2) is 0 Å². The Hall–Kier alpha value is -1.32. The molecule has 0 heterocycles. The largest absolute Gasteiger partial charge is 0.396 e. The first-order valence-electron chi connectivity index (χ1n) is 7.04. The summed E-state index contributed by atoms with van der Waals surface area (Å²) >= 11 is 5.81. The Labute approximate surface area is 124 Å². The molecule has 1 saturated carbocycles. The number of nitrogens with one attached hydrogen (secondary N) is 1. The van der Waals surface area contributed by atoms with Crippen molar-refractivity contribution in [2.75, 3.05) is 6.61 Å². The van der Waals surface area contributed by atoms with Crippen LogP contribution in [-0.4, -0.2) is 23.7 Å². The van der Waals surface area contributed by atoms with Gasteiger partial charge in [-0.1, -0.05) is 36.6 Å². The van der Waals surface area contributed by atoms with E-state index in [9.17, 15) is 9.90 Å². The van der Waals surface area contributed by atoms with Crippen LogP contribution in [0.1, 0.15) is 31.2 Å². The van der Waals surface area contributed by atoms with Crippen LogP contribution < -0.4 is 5.32 Å². The Bertz CT molecular complexity index is 470. The van der Waals surface area contributed by atoms with Crippen molar-refractivity contribution in [1.82, 2.24) is 5.32 Å². The van der Waals surface area contributed by atoms with Crippen molar-refractivity contribution in [3.8, 4) is 0 Å². The number of hydrogen-bond donors (Lipinski definition) is 2. The molecular weight excluding hydrogens is 274 g/mol. The number of rotatable bonds is 4. The maximum Gasteiger partial charge on any atom is 0.244 e. The van der Waals surface area contributed by atoms with Gasteiger partial charge in [0.1, 0.15) is 0 Å². The number of benzene rings is 1. The summed E-state index contributed by atoms with van der Waals surface area (Å²) in [5.74, 6) is 0.0851. The van der Waals surface area contributed by atoms with Gasteiger partial charge >= 0.3 is 0 Å². The first-order valence-corrected chi connectivity index (χ1v) is 7.42. The highest BCUT2D eigenvalue weighted by molar-refractivity contribution is 6.30. The van der Waals surface area contributed by atoms with E-state index in [1.807, 2.05) is 12.1 Å². The fraction of sp³-hybridized carbons (Fsp3) is 0.438. The van der Waals surface area contributed by atoms with E-state index in [4.69, 9.17) is 11.6 Å². The average Bonchev–Trinajstić information content (AvgIpc) is 2.47. The number of aliphatic hydroxyl groups excluding tert-OH is 1. The fourth-order valence-electron chi connectivity index (χ4n) is 2.59. The Morgan fingerprint density at radius 2 is 2.00 bits per heavy atom. The van der Waals surface area contributed by atoms with Gasteiger partial charge in [0.2, 0.25) is 5.91 Å². The molecule has 108 valence electrons. The SMILES string of the molecule is O=C(/C=C/c1ccc(Cl)cc1)NC1CCCCC1CO. The first-order chi connectivity index (χ1) is 9.69. The lowest BCUT2D eigenvalue weighted by Gasteiger charge is -2.30. The number of carbonyl (C=O) groups excluding carboxylic acids is 1. The van der Waals surface area contributed by atoms with E-state index < -0.39 is 0 Å². The molecule has 2 atom stereocenters. The molecule has 4 heteroatoms. The van der Waals surface area contributed by atoms with Crippen LogP contribution in [0.25, 0.3) is 6.08 Å². The van der Waals surface area contributed by atoms with E-state index in [2.05, 4.69) is 5.32 Å². The van der Waals surface area contributed by atoms with Crippen molar-refractivity contribution >= 4 is 23.6 Å². The van der Waals surface area contributed by atoms with Crippen LogP contribution in [0.3, 0.4) is 0 Å². The molecule has 0 spiro atoms. The van der Waals surface area contributed by atoms with E-state index in [0.29, 0.717) is 5.02 Å². The third-order valence-electron chi connectivity index (χ3n) is 3.77. The number of halogens is 1. The van der Waals surface area contributed by atoms with E-state index in [-0.39, 0.29) is 24.5 Å². The summed E-state index contributed by atoms with van der Waals surface area (Å²) in [5.41, 5.74) is 0.937. The fourth-order valence-corrected chi connectivity index (χ4v) is 2.72. The summed E-state index contributed by atoms with van der Waals surface area (Å²) < 4.78 is 0. The van der Waals surface area contributed by atoms with Crippen LogP contribution in [0, 0.1) is 5.92 Å². The van der Waals surface area contributed by atoms with Gasteiger partial charge in [-0.2, -0.15) is 0 Å². The molecule has 0 saturated heterocycles. The number of carbonyl (C=O) groups is 1. The second-order valence-electron chi connectivity index (χ2n) is 5.23. The molecule has 1 fully saturated rings. The number of aliphatic hydroxyl groups is 1. The van der Waals surface area contributed by atoms with Gasteiger partial charge < -0.3 is 10.4 Å². The number of hydrogen-bond acceptors (Lipinski definition) is 2. The molecule has 1 aromatic carbocycles. The molecule has 0 aliphatic heterocycles. The monoisotopic (exact) mass is 293 g/mol. The molecule has 1 amide bonds. The predicted molar refractivity (Wildman–Crippen MR) is 81.5 cm³/mol. The molecule has 2 unspecified atom stereocenters. The minimum Gasteiger partial charge on any atom is -0.396 e. The lowest BCUT2D eigenvalue weighted by Crippen LogP contribution is -2.42. The van der Waals surface area contributed by atoms with Crippen LogP contribution >= 0.6 is 11.6 Å². The summed E-state index contributed by atoms with van der Waals surface area (Å²) in [5, 5.41) is 13.0. The molecule has 1 aromatic rings. The molecule has 20 heavy (non-hydrogen) atoms. The van der Waals surface area contributed by atoms with Crippen LogP contribution in [0.2, 0.25) is 5.02 Å². The highest BCUT2D eigenvalue weighted by Gasteiger charge is 2.25. The molecule has 0 aromatic heterocycles. The lowest BCUT2D eigenvalue weighted by atomic mass is 9.85. The topological polar surface area (TPSA) is 49.3 Å². The third kappa shape index (κ3) is 4.36. The Kier molecular flexibility index (Phi) is 5.62. The summed E-state index contributed by atoms with van der Waals surface area (Å²) in [7, 11) is 0. The zero-order valence-electron chi connectivity index (χ0n) is 11.4. The Balaban J connectivity index is 1.89. The Morgan fingerprint density at radius 1 is 1.30 bits per heavy atom. The third-order valence-corrected chi connectivity index (χ3v) is 4.02. The van der Waals surface area contributed by atoms with Gasteiger partial charge in [0.05, 0.1) is 0 Å². The average molecular weight is 294 g/mol. The highest BCUT2D eigenvalue weighted by atomic mass is 35.5. The maximum atomic E-state index is 11.9. The number of amides is 1. The van der Waals surface area contributed by atoms with E-state index in [1.54, 1.807) is 18.2 Å². The molecule has 3 nitrogen and oxygen atoms in total. The van der Waals surface area contributed by atoms with Crippen LogP contribution in [0.15, 0.2) is 30.3 Å². The molecule has 0 radical (unpaired) electrons. The molecular formula is C16H20ClNO2. The predicted octanol–water partition coefficient (Wildman–Crippen LogP) is 3.02. The van der Waals surface area contributed by atoms with Crippen molar-refractivity contribution in [2.45, 2.75) is 31.7 Å². The minimum absolute atomic E-state index is 0.0936. The molecule has 2 N–H and O–H groups in total. The van der Waals surface area contributed by atoms with Crippen molar-refractivity contribution in [1.29, 1.82) is 0 Å². The molecule has 1 aliphatic rings.